The fourth-order valence-electron chi connectivity index (χ4n) is 2.60. The third-order valence-corrected chi connectivity index (χ3v) is 6.16. The SMILES string of the molecule is CC[C@@H](N[S@](=O)C(C)(C)C)c1ccc(Cl)c(Oc2ccc([N+](=O)[O-])c(C)c2)c1F. The molecular formula is C20H24ClFN2O4S. The zero-order valence-corrected chi connectivity index (χ0v) is 18.5. The molecule has 0 saturated carbocycles. The summed E-state index contributed by atoms with van der Waals surface area (Å²) in [6.45, 7) is 8.90. The van der Waals surface area contributed by atoms with Gasteiger partial charge in [-0.05, 0) is 52.3 Å². The molecular weight excluding hydrogens is 419 g/mol. The van der Waals surface area contributed by atoms with Crippen LogP contribution in [0.5, 0.6) is 11.5 Å². The van der Waals surface area contributed by atoms with E-state index in [1.807, 2.05) is 27.7 Å². The smallest absolute Gasteiger partial charge is 0.272 e. The van der Waals surface area contributed by atoms with Gasteiger partial charge in [-0.15, -0.1) is 0 Å². The zero-order valence-electron chi connectivity index (χ0n) is 16.9. The van der Waals surface area contributed by atoms with Crippen LogP contribution < -0.4 is 9.46 Å². The van der Waals surface area contributed by atoms with E-state index in [-0.39, 0.29) is 27.8 Å². The van der Waals surface area contributed by atoms with E-state index in [0.29, 0.717) is 12.0 Å². The third-order valence-electron chi connectivity index (χ3n) is 4.25. The van der Waals surface area contributed by atoms with E-state index in [9.17, 15) is 14.3 Å². The Bertz CT molecular complexity index is 947. The minimum atomic E-state index is -1.39. The van der Waals surface area contributed by atoms with Crippen LogP contribution in [0.25, 0.3) is 0 Å². The molecule has 0 aliphatic rings. The van der Waals surface area contributed by atoms with Gasteiger partial charge < -0.3 is 4.74 Å². The quantitative estimate of drug-likeness (QED) is 0.421. The van der Waals surface area contributed by atoms with E-state index < -0.39 is 32.5 Å². The molecule has 0 radical (unpaired) electrons. The highest BCUT2D eigenvalue weighted by atomic mass is 35.5. The van der Waals surface area contributed by atoms with Crippen molar-refractivity contribution in [3.05, 3.63) is 62.4 Å². The molecule has 2 atom stereocenters. The van der Waals surface area contributed by atoms with Gasteiger partial charge in [-0.25, -0.2) is 13.3 Å². The number of aryl methyl sites for hydroxylation is 1. The van der Waals surface area contributed by atoms with Crippen molar-refractivity contribution < 1.29 is 18.3 Å². The van der Waals surface area contributed by atoms with Crippen LogP contribution in [0.3, 0.4) is 0 Å². The van der Waals surface area contributed by atoms with Crippen molar-refractivity contribution in [2.75, 3.05) is 0 Å². The van der Waals surface area contributed by atoms with Gasteiger partial charge in [0.25, 0.3) is 5.69 Å². The monoisotopic (exact) mass is 442 g/mol. The van der Waals surface area contributed by atoms with Crippen molar-refractivity contribution in [1.29, 1.82) is 0 Å². The molecule has 29 heavy (non-hydrogen) atoms. The number of nitro groups is 1. The van der Waals surface area contributed by atoms with Crippen LogP contribution in [0.4, 0.5) is 10.1 Å². The van der Waals surface area contributed by atoms with Crippen LogP contribution in [0.2, 0.25) is 5.02 Å². The molecule has 0 unspecified atom stereocenters. The molecule has 2 aromatic carbocycles. The lowest BCUT2D eigenvalue weighted by Gasteiger charge is -2.24. The zero-order chi connectivity index (χ0) is 21.9. The predicted molar refractivity (Wildman–Crippen MR) is 113 cm³/mol. The van der Waals surface area contributed by atoms with Crippen molar-refractivity contribution in [2.45, 2.75) is 51.8 Å². The average molecular weight is 443 g/mol. The summed E-state index contributed by atoms with van der Waals surface area (Å²) in [5.41, 5.74) is 0.606. The predicted octanol–water partition coefficient (Wildman–Crippen LogP) is 5.99. The van der Waals surface area contributed by atoms with E-state index in [0.717, 1.165) is 0 Å². The summed E-state index contributed by atoms with van der Waals surface area (Å²) in [7, 11) is -1.39. The Kier molecular flexibility index (Phi) is 7.37. The molecule has 0 bridgehead atoms. The van der Waals surface area contributed by atoms with Gasteiger partial charge >= 0.3 is 0 Å². The second kappa shape index (κ2) is 9.19. The Morgan fingerprint density at radius 2 is 1.97 bits per heavy atom. The first-order valence-corrected chi connectivity index (χ1v) is 10.6. The molecule has 158 valence electrons. The number of halogens is 2. The highest BCUT2D eigenvalue weighted by Gasteiger charge is 2.26. The Morgan fingerprint density at radius 3 is 2.48 bits per heavy atom. The number of nitrogens with one attached hydrogen (secondary N) is 1. The summed E-state index contributed by atoms with van der Waals surface area (Å²) >= 11 is 6.15. The highest BCUT2D eigenvalue weighted by Crippen LogP contribution is 2.37. The molecule has 0 spiro atoms. The normalized spacial score (nSPS) is 13.8. The van der Waals surface area contributed by atoms with Crippen LogP contribution in [0.15, 0.2) is 30.3 Å². The molecule has 2 aromatic rings. The van der Waals surface area contributed by atoms with Crippen molar-refractivity contribution >= 4 is 28.3 Å². The number of rotatable bonds is 7. The fourth-order valence-corrected chi connectivity index (χ4v) is 3.69. The summed E-state index contributed by atoms with van der Waals surface area (Å²) in [5, 5.41) is 11.0. The Morgan fingerprint density at radius 1 is 1.31 bits per heavy atom. The number of hydrogen-bond acceptors (Lipinski definition) is 4. The van der Waals surface area contributed by atoms with Crippen LogP contribution >= 0.6 is 11.6 Å². The van der Waals surface area contributed by atoms with Gasteiger partial charge in [0.05, 0.1) is 25.7 Å². The van der Waals surface area contributed by atoms with Crippen LogP contribution in [-0.2, 0) is 11.0 Å². The lowest BCUT2D eigenvalue weighted by atomic mass is 10.0. The molecule has 0 heterocycles. The van der Waals surface area contributed by atoms with Crippen LogP contribution in [-0.4, -0.2) is 13.9 Å². The fraction of sp³-hybridized carbons (Fsp3) is 0.400. The maximum atomic E-state index is 15.3. The second-order valence-corrected chi connectivity index (χ2v) is 9.95. The second-order valence-electron chi connectivity index (χ2n) is 7.55. The summed E-state index contributed by atoms with van der Waals surface area (Å²) in [5.74, 6) is -0.622. The Labute approximate surface area is 177 Å². The van der Waals surface area contributed by atoms with Gasteiger partial charge in [0.15, 0.2) is 11.6 Å². The molecule has 0 aromatic heterocycles. The number of nitrogens with zero attached hydrogens (tertiary/aromatic N) is 1. The molecule has 9 heteroatoms. The number of nitro benzene ring substituents is 1. The minimum Gasteiger partial charge on any atom is -0.453 e. The van der Waals surface area contributed by atoms with Crippen molar-refractivity contribution in [1.82, 2.24) is 4.72 Å². The largest absolute Gasteiger partial charge is 0.453 e. The number of benzene rings is 2. The van der Waals surface area contributed by atoms with Gasteiger partial charge in [0, 0.05) is 23.2 Å². The first-order valence-electron chi connectivity index (χ1n) is 9.04. The van der Waals surface area contributed by atoms with Gasteiger partial charge in [-0.2, -0.15) is 0 Å². The van der Waals surface area contributed by atoms with Crippen LogP contribution in [0, 0.1) is 22.9 Å². The van der Waals surface area contributed by atoms with Crippen molar-refractivity contribution in [2.24, 2.45) is 0 Å². The number of hydrogen-bond donors (Lipinski definition) is 1. The van der Waals surface area contributed by atoms with Crippen LogP contribution in [0.1, 0.15) is 51.3 Å². The molecule has 0 aliphatic carbocycles. The maximum Gasteiger partial charge on any atom is 0.272 e. The standard InChI is InChI=1S/C20H24ClFN2O4S/c1-6-16(23-29(27)20(3,4)5)14-8-9-15(21)19(18(14)22)28-13-7-10-17(24(25)26)12(2)11-13/h7-11,16,23H,6H2,1-5H3/t16-,29-/m1/s1. The molecule has 1 N–H and O–H groups in total. The van der Waals surface area contributed by atoms with Crippen molar-refractivity contribution in [3.8, 4) is 11.5 Å². The van der Waals surface area contributed by atoms with Gasteiger partial charge in [0.2, 0.25) is 0 Å². The first kappa shape index (κ1) is 23.3. The summed E-state index contributed by atoms with van der Waals surface area (Å²) < 4.78 is 35.8. The highest BCUT2D eigenvalue weighted by molar-refractivity contribution is 7.84. The molecule has 0 saturated heterocycles. The van der Waals surface area contributed by atoms with E-state index >= 15 is 4.39 Å². The Hall–Kier alpha value is -2.03. The summed E-state index contributed by atoms with van der Waals surface area (Å²) in [4.78, 5) is 10.5. The summed E-state index contributed by atoms with van der Waals surface area (Å²) in [6, 6.07) is 6.67. The molecule has 0 fully saturated rings. The first-order chi connectivity index (χ1) is 13.5. The van der Waals surface area contributed by atoms with E-state index in [4.69, 9.17) is 16.3 Å². The van der Waals surface area contributed by atoms with E-state index in [1.165, 1.54) is 30.3 Å². The molecule has 0 aliphatic heterocycles. The average Bonchev–Trinajstić information content (AvgIpc) is 2.62. The third kappa shape index (κ3) is 5.52. The number of ether oxygens (including phenoxy) is 1. The van der Waals surface area contributed by atoms with E-state index in [2.05, 4.69) is 4.72 Å². The lowest BCUT2D eigenvalue weighted by Crippen LogP contribution is -2.35. The summed E-state index contributed by atoms with van der Waals surface area (Å²) in [6.07, 6.45) is 0.496. The molecule has 2 rings (SSSR count). The molecule has 0 amide bonds. The van der Waals surface area contributed by atoms with Gasteiger partial charge in [-0.3, -0.25) is 10.1 Å². The lowest BCUT2D eigenvalue weighted by molar-refractivity contribution is -0.385. The topological polar surface area (TPSA) is 81.5 Å². The molecule has 6 nitrogen and oxygen atoms in total. The van der Waals surface area contributed by atoms with Gasteiger partial charge in [0.1, 0.15) is 5.75 Å². The maximum absolute atomic E-state index is 15.3. The van der Waals surface area contributed by atoms with Crippen molar-refractivity contribution in [3.63, 3.8) is 0 Å². The van der Waals surface area contributed by atoms with E-state index in [1.54, 1.807) is 6.92 Å². The Balaban J connectivity index is 2.38. The van der Waals surface area contributed by atoms with Gasteiger partial charge in [-0.1, -0.05) is 24.6 Å². The minimum absolute atomic E-state index is 0.0578.